The Morgan fingerprint density at radius 3 is 2.94 bits per heavy atom. The lowest BCUT2D eigenvalue weighted by atomic mass is 10.0. The van der Waals surface area contributed by atoms with Gasteiger partial charge in [-0.3, -0.25) is 5.10 Å². The quantitative estimate of drug-likeness (QED) is 0.830. The van der Waals surface area contributed by atoms with E-state index in [-0.39, 0.29) is 6.04 Å². The van der Waals surface area contributed by atoms with Gasteiger partial charge in [0.2, 0.25) is 0 Å². The summed E-state index contributed by atoms with van der Waals surface area (Å²) in [7, 11) is 0. The molecule has 88 valence electrons. The van der Waals surface area contributed by atoms with Crippen LogP contribution in [-0.2, 0) is 0 Å². The van der Waals surface area contributed by atoms with Gasteiger partial charge in [0.1, 0.15) is 7.24 Å². The summed E-state index contributed by atoms with van der Waals surface area (Å²) < 4.78 is 7.93. The lowest BCUT2D eigenvalue weighted by Crippen LogP contribution is -2.27. The molecule has 0 amide bonds. The second-order valence-corrected chi connectivity index (χ2v) is 4.33. The Morgan fingerprint density at radius 1 is 1.24 bits per heavy atom. The smallest absolute Gasteiger partial charge is 0.181 e. The van der Waals surface area contributed by atoms with Gasteiger partial charge < -0.3 is 5.31 Å². The number of aromatic nitrogens is 3. The monoisotopic (exact) mass is 229 g/mol. The van der Waals surface area contributed by atoms with Crippen LogP contribution in [0.4, 0.5) is 0 Å². The standard InChI is InChI=1S/C13H16N4/c1-2-6-10(7-3-1)12-15-13(17-16-12)11-8-4-5-9-14-11/h1-3,6-7,11,14H,4-5,8-9H2,(H,15,16,17)/i/hD. The first-order chi connectivity index (χ1) is 8.84. The molecule has 0 saturated carbocycles. The highest BCUT2D eigenvalue weighted by Crippen LogP contribution is 2.22. The SMILES string of the molecule is [2H]N1CCCCC1c1nc(-c2ccccc2)n[nH]1. The average Bonchev–Trinajstić information content (AvgIpc) is 2.90. The summed E-state index contributed by atoms with van der Waals surface area (Å²) in [4.78, 5) is 4.53. The molecule has 2 N–H and O–H groups in total. The molecule has 0 spiro atoms. The van der Waals surface area contributed by atoms with Gasteiger partial charge in [-0.2, -0.15) is 5.10 Å². The van der Waals surface area contributed by atoms with E-state index in [0.29, 0.717) is 5.82 Å². The minimum atomic E-state index is 0.0590. The van der Waals surface area contributed by atoms with Crippen LogP contribution in [0.5, 0.6) is 0 Å². The van der Waals surface area contributed by atoms with Crippen molar-refractivity contribution in [3.63, 3.8) is 0 Å². The summed E-state index contributed by atoms with van der Waals surface area (Å²) in [6.07, 6.45) is 3.23. The molecular weight excluding hydrogens is 212 g/mol. The molecule has 1 aromatic carbocycles. The van der Waals surface area contributed by atoms with E-state index in [2.05, 4.69) is 15.2 Å². The van der Waals surface area contributed by atoms with E-state index in [1.807, 2.05) is 30.3 Å². The molecule has 4 heteroatoms. The maximum Gasteiger partial charge on any atom is 0.181 e. The van der Waals surface area contributed by atoms with Gasteiger partial charge in [0, 0.05) is 5.56 Å². The summed E-state index contributed by atoms with van der Waals surface area (Å²) in [5.41, 5.74) is 1.01. The summed E-state index contributed by atoms with van der Waals surface area (Å²) >= 11 is 0. The number of rotatable bonds is 2. The molecule has 1 unspecified atom stereocenters. The maximum absolute atomic E-state index is 7.93. The van der Waals surface area contributed by atoms with Crippen molar-refractivity contribution in [1.82, 2.24) is 20.5 Å². The van der Waals surface area contributed by atoms with Gasteiger partial charge >= 0.3 is 0 Å². The summed E-state index contributed by atoms with van der Waals surface area (Å²) in [6.45, 7) is 0.812. The maximum atomic E-state index is 7.93. The van der Waals surface area contributed by atoms with Crippen LogP contribution in [0, 0.1) is 0 Å². The first kappa shape index (κ1) is 9.36. The number of H-pyrrole nitrogens is 1. The Bertz CT molecular complexity index is 511. The largest absolute Gasteiger partial charge is 0.307 e. The Balaban J connectivity index is 1.85. The molecule has 1 aliphatic rings. The van der Waals surface area contributed by atoms with Gasteiger partial charge in [-0.1, -0.05) is 36.8 Å². The topological polar surface area (TPSA) is 53.6 Å². The minimum absolute atomic E-state index is 0.0590. The molecule has 1 atom stereocenters. The van der Waals surface area contributed by atoms with Gasteiger partial charge in [-0.05, 0) is 19.4 Å². The number of hydrogen-bond donors (Lipinski definition) is 2. The van der Waals surface area contributed by atoms with Crippen LogP contribution >= 0.6 is 0 Å². The van der Waals surface area contributed by atoms with Crippen molar-refractivity contribution < 1.29 is 1.41 Å². The molecule has 1 fully saturated rings. The third-order valence-electron chi connectivity index (χ3n) is 3.09. The van der Waals surface area contributed by atoms with Gasteiger partial charge in [0.15, 0.2) is 5.82 Å². The molecule has 1 aliphatic heterocycles. The van der Waals surface area contributed by atoms with Crippen molar-refractivity contribution in [3.05, 3.63) is 36.2 Å². The molecule has 4 nitrogen and oxygen atoms in total. The molecule has 1 saturated heterocycles. The highest BCUT2D eigenvalue weighted by atomic mass is 15.2. The van der Waals surface area contributed by atoms with Crippen LogP contribution in [0.1, 0.15) is 31.1 Å². The van der Waals surface area contributed by atoms with E-state index >= 15 is 0 Å². The fourth-order valence-electron chi connectivity index (χ4n) is 2.15. The Labute approximate surface area is 102 Å². The fraction of sp³-hybridized carbons (Fsp3) is 0.385. The predicted octanol–water partition coefficient (Wildman–Crippen LogP) is 2.29. The van der Waals surface area contributed by atoms with Crippen molar-refractivity contribution >= 4 is 0 Å². The normalized spacial score (nSPS) is 22.4. The molecule has 0 radical (unpaired) electrons. The van der Waals surface area contributed by atoms with E-state index in [4.69, 9.17) is 1.41 Å². The zero-order valence-corrected chi connectivity index (χ0v) is 9.63. The average molecular weight is 229 g/mol. The van der Waals surface area contributed by atoms with E-state index in [1.54, 1.807) is 5.31 Å². The first-order valence-corrected chi connectivity index (χ1v) is 6.08. The summed E-state index contributed by atoms with van der Waals surface area (Å²) in [5.74, 6) is 1.52. The summed E-state index contributed by atoms with van der Waals surface area (Å²) in [6, 6.07) is 9.97. The Hall–Kier alpha value is -1.68. The van der Waals surface area contributed by atoms with Gasteiger partial charge in [-0.25, -0.2) is 4.98 Å². The van der Waals surface area contributed by atoms with Crippen LogP contribution in [0.15, 0.2) is 30.3 Å². The van der Waals surface area contributed by atoms with Crippen LogP contribution < -0.4 is 5.31 Å². The molecule has 2 heterocycles. The van der Waals surface area contributed by atoms with Gasteiger partial charge in [-0.15, -0.1) is 0 Å². The van der Waals surface area contributed by atoms with Crippen LogP contribution in [0.2, 0.25) is 1.41 Å². The molecular formula is C13H16N4. The van der Waals surface area contributed by atoms with E-state index < -0.39 is 0 Å². The van der Waals surface area contributed by atoms with Crippen LogP contribution in [-0.4, -0.2) is 21.7 Å². The number of piperidine rings is 1. The number of benzene rings is 1. The molecule has 3 rings (SSSR count). The van der Waals surface area contributed by atoms with E-state index in [0.717, 1.165) is 37.2 Å². The molecule has 0 aliphatic carbocycles. The first-order valence-electron chi connectivity index (χ1n) is 6.52. The van der Waals surface area contributed by atoms with Crippen LogP contribution in [0.3, 0.4) is 0 Å². The number of aromatic amines is 1. The highest BCUT2D eigenvalue weighted by molar-refractivity contribution is 5.53. The second kappa shape index (κ2) is 4.67. The second-order valence-electron chi connectivity index (χ2n) is 4.33. The van der Waals surface area contributed by atoms with E-state index in [9.17, 15) is 0 Å². The minimum Gasteiger partial charge on any atom is -0.307 e. The lowest BCUT2D eigenvalue weighted by molar-refractivity contribution is 0.398. The lowest BCUT2D eigenvalue weighted by Gasteiger charge is -2.20. The van der Waals surface area contributed by atoms with Crippen molar-refractivity contribution in [2.45, 2.75) is 25.3 Å². The highest BCUT2D eigenvalue weighted by Gasteiger charge is 2.18. The van der Waals surface area contributed by atoms with Crippen molar-refractivity contribution in [2.24, 2.45) is 0 Å². The zero-order valence-electron chi connectivity index (χ0n) is 10.6. The zero-order chi connectivity index (χ0) is 12.4. The molecule has 17 heavy (non-hydrogen) atoms. The van der Waals surface area contributed by atoms with Crippen molar-refractivity contribution in [3.8, 4) is 11.4 Å². The number of nitrogens with zero attached hydrogens (tertiary/aromatic N) is 2. The Morgan fingerprint density at radius 2 is 2.12 bits per heavy atom. The Kier molecular flexibility index (Phi) is 2.57. The van der Waals surface area contributed by atoms with Crippen molar-refractivity contribution in [1.29, 1.82) is 0 Å². The third-order valence-corrected chi connectivity index (χ3v) is 3.09. The van der Waals surface area contributed by atoms with Gasteiger partial charge in [0.05, 0.1) is 6.04 Å². The summed E-state index contributed by atoms with van der Waals surface area (Å²) in [5, 5.41) is 8.84. The van der Waals surface area contributed by atoms with Crippen LogP contribution in [0.25, 0.3) is 11.4 Å². The number of hydrogen-bond acceptors (Lipinski definition) is 3. The fourth-order valence-corrected chi connectivity index (χ4v) is 2.15. The number of nitrogens with one attached hydrogen (secondary N) is 2. The van der Waals surface area contributed by atoms with Crippen molar-refractivity contribution in [2.75, 3.05) is 6.54 Å². The predicted molar refractivity (Wildman–Crippen MR) is 66.4 cm³/mol. The molecule has 1 aromatic heterocycles. The van der Waals surface area contributed by atoms with E-state index in [1.165, 1.54) is 0 Å². The molecule has 2 aromatic rings. The van der Waals surface area contributed by atoms with Gasteiger partial charge in [0.25, 0.3) is 0 Å². The molecule has 0 bridgehead atoms. The third kappa shape index (κ3) is 2.22.